The lowest BCUT2D eigenvalue weighted by atomic mass is 10.2. The van der Waals surface area contributed by atoms with Crippen LogP contribution in [0.4, 0.5) is 4.79 Å². The molecule has 1 rings (SSSR count). The highest BCUT2D eigenvalue weighted by atomic mass is 16.6. The summed E-state index contributed by atoms with van der Waals surface area (Å²) < 4.78 is 9.46. The van der Waals surface area contributed by atoms with Crippen LogP contribution in [0.5, 0.6) is 0 Å². The average molecular weight is 287 g/mol. The first kappa shape index (κ1) is 15.9. The van der Waals surface area contributed by atoms with E-state index in [1.807, 2.05) is 0 Å². The lowest BCUT2D eigenvalue weighted by Crippen LogP contribution is -2.39. The molecule has 1 aliphatic carbocycles. The fourth-order valence-corrected chi connectivity index (χ4v) is 1.91. The van der Waals surface area contributed by atoms with Crippen molar-refractivity contribution in [3.05, 3.63) is 0 Å². The fraction of sp³-hybridized carbons (Fsp3) is 0.667. The Balaban J connectivity index is 2.89. The first-order chi connectivity index (χ1) is 9.14. The molecule has 0 radical (unpaired) electrons. The lowest BCUT2D eigenvalue weighted by molar-refractivity contribution is -0.146. The largest absolute Gasteiger partial charge is 0.481 e. The molecule has 0 aromatic carbocycles. The normalized spacial score (nSPS) is 24.5. The Morgan fingerprint density at radius 1 is 1.20 bits per heavy atom. The van der Waals surface area contributed by atoms with Crippen molar-refractivity contribution < 1.29 is 33.8 Å². The molecule has 0 aromatic heterocycles. The molecule has 2 amide bonds. The van der Waals surface area contributed by atoms with Crippen LogP contribution in [0.1, 0.15) is 20.8 Å². The second-order valence-corrected chi connectivity index (χ2v) is 5.40. The van der Waals surface area contributed by atoms with Crippen molar-refractivity contribution in [2.45, 2.75) is 32.4 Å². The zero-order chi connectivity index (χ0) is 15.7. The Morgan fingerprint density at radius 2 is 1.75 bits per heavy atom. The van der Waals surface area contributed by atoms with Crippen molar-refractivity contribution in [3.63, 3.8) is 0 Å². The Bertz CT molecular complexity index is 440. The van der Waals surface area contributed by atoms with Gasteiger partial charge >= 0.3 is 18.0 Å². The molecule has 8 nitrogen and oxygen atoms in total. The van der Waals surface area contributed by atoms with Crippen molar-refractivity contribution in [2.75, 3.05) is 7.11 Å². The van der Waals surface area contributed by atoms with Gasteiger partial charge in [-0.3, -0.25) is 14.4 Å². The van der Waals surface area contributed by atoms with Gasteiger partial charge in [-0.15, -0.1) is 0 Å². The third kappa shape index (κ3) is 3.25. The van der Waals surface area contributed by atoms with E-state index in [-0.39, 0.29) is 6.41 Å². The first-order valence-corrected chi connectivity index (χ1v) is 5.91. The summed E-state index contributed by atoms with van der Waals surface area (Å²) in [6, 6.07) is -1.08. The quantitative estimate of drug-likeness (QED) is 0.583. The maximum Gasteiger partial charge on any atom is 0.417 e. The van der Waals surface area contributed by atoms with E-state index in [9.17, 15) is 19.2 Å². The second kappa shape index (κ2) is 5.48. The number of carboxylic acid groups (broad SMARTS) is 1. The molecule has 1 N–H and O–H groups in total. The molecule has 3 atom stereocenters. The molecule has 0 aromatic rings. The van der Waals surface area contributed by atoms with E-state index in [1.165, 1.54) is 0 Å². The molecule has 112 valence electrons. The maximum atomic E-state index is 11.8. The molecule has 0 bridgehead atoms. The highest BCUT2D eigenvalue weighted by Gasteiger charge is 2.64. The molecule has 8 heteroatoms. The lowest BCUT2D eigenvalue weighted by Gasteiger charge is -2.23. The minimum atomic E-state index is -1.28. The van der Waals surface area contributed by atoms with Crippen LogP contribution in [0.25, 0.3) is 0 Å². The predicted octanol–water partition coefficient (Wildman–Crippen LogP) is 0.252. The number of aliphatic carboxylic acids is 1. The van der Waals surface area contributed by atoms with Crippen LogP contribution >= 0.6 is 0 Å². The number of methoxy groups -OCH3 is 1. The third-order valence-electron chi connectivity index (χ3n) is 2.78. The topological polar surface area (TPSA) is 110 Å². The molecule has 0 unspecified atom stereocenters. The van der Waals surface area contributed by atoms with Crippen molar-refractivity contribution in [1.29, 1.82) is 0 Å². The number of hydrogen-bond donors (Lipinski definition) is 1. The maximum absolute atomic E-state index is 11.8. The molecule has 0 heterocycles. The number of carbonyl (C=O) groups excluding carboxylic acids is 3. The smallest absolute Gasteiger partial charge is 0.417 e. The van der Waals surface area contributed by atoms with E-state index < -0.39 is 41.5 Å². The van der Waals surface area contributed by atoms with Gasteiger partial charge in [-0.25, -0.2) is 9.69 Å². The number of amides is 2. The average Bonchev–Trinajstić information content (AvgIpc) is 3.02. The molecule has 1 fully saturated rings. The summed E-state index contributed by atoms with van der Waals surface area (Å²) in [5.41, 5.74) is -0.841. The van der Waals surface area contributed by atoms with Gasteiger partial charge < -0.3 is 14.6 Å². The van der Waals surface area contributed by atoms with Gasteiger partial charge in [-0.2, -0.15) is 0 Å². The van der Waals surface area contributed by atoms with Gasteiger partial charge in [0, 0.05) is 0 Å². The van der Waals surface area contributed by atoms with Crippen LogP contribution in [-0.2, 0) is 23.9 Å². The van der Waals surface area contributed by atoms with E-state index in [0.29, 0.717) is 4.90 Å². The van der Waals surface area contributed by atoms with Gasteiger partial charge in [0.05, 0.1) is 25.0 Å². The van der Waals surface area contributed by atoms with E-state index in [4.69, 9.17) is 9.84 Å². The van der Waals surface area contributed by atoms with E-state index >= 15 is 0 Å². The summed E-state index contributed by atoms with van der Waals surface area (Å²) in [4.78, 5) is 45.9. The summed E-state index contributed by atoms with van der Waals surface area (Å²) >= 11 is 0. The zero-order valence-electron chi connectivity index (χ0n) is 11.7. The SMILES string of the molecule is COC(=O)[C@H]1[C@H](C(=O)O)[C@@H]1N(C=O)C(=O)OC(C)(C)C. The Labute approximate surface area is 115 Å². The predicted molar refractivity (Wildman–Crippen MR) is 64.6 cm³/mol. The van der Waals surface area contributed by atoms with Crippen LogP contribution in [0.2, 0.25) is 0 Å². The number of ether oxygens (including phenoxy) is 2. The number of rotatable bonds is 4. The van der Waals surface area contributed by atoms with E-state index in [2.05, 4.69) is 4.74 Å². The Morgan fingerprint density at radius 3 is 2.10 bits per heavy atom. The molecule has 1 aliphatic rings. The van der Waals surface area contributed by atoms with Gasteiger partial charge in [0.2, 0.25) is 6.41 Å². The molecule has 0 spiro atoms. The summed E-state index contributed by atoms with van der Waals surface area (Å²) in [5, 5.41) is 8.99. The van der Waals surface area contributed by atoms with Gasteiger partial charge in [0.1, 0.15) is 5.60 Å². The number of imide groups is 1. The van der Waals surface area contributed by atoms with Crippen LogP contribution in [-0.4, -0.2) is 53.2 Å². The van der Waals surface area contributed by atoms with Gasteiger partial charge in [0.25, 0.3) is 0 Å². The van der Waals surface area contributed by atoms with Crippen molar-refractivity contribution in [2.24, 2.45) is 11.8 Å². The molecule has 1 saturated carbocycles. The van der Waals surface area contributed by atoms with Crippen molar-refractivity contribution in [1.82, 2.24) is 4.90 Å². The Hall–Kier alpha value is -2.12. The standard InChI is InChI=1S/C12H17NO7/c1-12(2,3)20-11(18)13(5-14)8-6(9(15)16)7(8)10(17)19-4/h5-8H,1-4H3,(H,15,16)/t6-,7-,8-/m0/s1. The molecular weight excluding hydrogens is 270 g/mol. The zero-order valence-corrected chi connectivity index (χ0v) is 11.7. The third-order valence-corrected chi connectivity index (χ3v) is 2.78. The van der Waals surface area contributed by atoms with E-state index in [0.717, 1.165) is 7.11 Å². The summed E-state index contributed by atoms with van der Waals surface area (Å²) in [6.07, 6.45) is -0.826. The van der Waals surface area contributed by atoms with Gasteiger partial charge in [-0.05, 0) is 20.8 Å². The molecule has 0 saturated heterocycles. The molecule has 0 aliphatic heterocycles. The highest BCUT2D eigenvalue weighted by molar-refractivity contribution is 5.92. The van der Waals surface area contributed by atoms with Crippen LogP contribution < -0.4 is 0 Å². The van der Waals surface area contributed by atoms with Gasteiger partial charge in [0.15, 0.2) is 0 Å². The van der Waals surface area contributed by atoms with Crippen molar-refractivity contribution in [3.8, 4) is 0 Å². The Kier molecular flexibility index (Phi) is 4.36. The minimum absolute atomic E-state index is 0.164. The number of hydrogen-bond acceptors (Lipinski definition) is 6. The summed E-state index contributed by atoms with van der Waals surface area (Å²) in [5.74, 6) is -4.28. The fourth-order valence-electron chi connectivity index (χ4n) is 1.91. The summed E-state index contributed by atoms with van der Waals surface area (Å²) in [7, 11) is 1.11. The minimum Gasteiger partial charge on any atom is -0.481 e. The molecular formula is C12H17NO7. The summed E-state index contributed by atoms with van der Waals surface area (Å²) in [6.45, 7) is 4.81. The van der Waals surface area contributed by atoms with E-state index in [1.54, 1.807) is 20.8 Å². The second-order valence-electron chi connectivity index (χ2n) is 5.40. The number of carbonyl (C=O) groups is 4. The van der Waals surface area contributed by atoms with Crippen LogP contribution in [0, 0.1) is 11.8 Å². The van der Waals surface area contributed by atoms with Gasteiger partial charge in [-0.1, -0.05) is 0 Å². The number of esters is 1. The van der Waals surface area contributed by atoms with Crippen LogP contribution in [0.15, 0.2) is 0 Å². The monoisotopic (exact) mass is 287 g/mol. The number of nitrogens with zero attached hydrogens (tertiary/aromatic N) is 1. The highest BCUT2D eigenvalue weighted by Crippen LogP contribution is 2.44. The first-order valence-electron chi connectivity index (χ1n) is 5.91. The van der Waals surface area contributed by atoms with Crippen LogP contribution in [0.3, 0.4) is 0 Å². The molecule has 20 heavy (non-hydrogen) atoms. The van der Waals surface area contributed by atoms with Crippen molar-refractivity contribution >= 4 is 24.4 Å². The number of carboxylic acids is 1.